The fraction of sp³-hybridized carbons (Fsp3) is 0.308. The van der Waals surface area contributed by atoms with Crippen molar-refractivity contribution in [2.45, 2.75) is 108 Å². The van der Waals surface area contributed by atoms with E-state index in [4.69, 9.17) is 27.4 Å². The zero-order valence-corrected chi connectivity index (χ0v) is 31.4. The first-order valence-corrected chi connectivity index (χ1v) is 17.2. The van der Waals surface area contributed by atoms with Gasteiger partial charge in [0.2, 0.25) is 0 Å². The van der Waals surface area contributed by atoms with Crippen molar-refractivity contribution in [2.75, 3.05) is 0 Å². The Labute approximate surface area is 345 Å². The fourth-order valence-corrected chi connectivity index (χ4v) is 6.26. The minimum Gasteiger partial charge on any atom is -0.0613 e. The molecule has 1 atom stereocenters. The molecule has 6 aromatic rings. The molecule has 270 valence electrons. The highest BCUT2D eigenvalue weighted by Gasteiger charge is 2.09. The summed E-state index contributed by atoms with van der Waals surface area (Å²) in [5, 5.41) is 0. The van der Waals surface area contributed by atoms with Crippen LogP contribution in [0.2, 0.25) is 0 Å². The Bertz CT molecular complexity index is 2690. The standard InChI is InChI=1S/C18H22.2C17H20/c1-12(2)16-7-9-18(15(5)11-16)17-8-6-13(3)10-14(17)4;2*1-5-15-7-9-17(14(4)11-15)16-8-6-12(2)10-13(16)3/h6-12H,1-5H3;2*6-11H,5H2,1-4H3/i1D3,3D3,12D;1D3,2D3,5D2;2D3,5D2. The number of benzene rings is 6. The van der Waals surface area contributed by atoms with Gasteiger partial charge in [-0.15, -0.1) is 0 Å². The molecule has 0 spiro atoms. The second-order valence-corrected chi connectivity index (χ2v) is 13.2. The largest absolute Gasteiger partial charge is 0.0613 e. The molecule has 0 heteroatoms. The third-order valence-corrected chi connectivity index (χ3v) is 9.09. The van der Waals surface area contributed by atoms with Gasteiger partial charge in [0.05, 0.1) is 0 Å². The van der Waals surface area contributed by atoms with Gasteiger partial charge in [0.1, 0.15) is 0 Å². The van der Waals surface area contributed by atoms with Crippen molar-refractivity contribution < 1.29 is 27.4 Å². The number of rotatable bonds is 6. The number of aryl methyl sites for hydroxylation is 11. The Hall–Kier alpha value is -4.68. The van der Waals surface area contributed by atoms with E-state index in [0.717, 1.165) is 66.8 Å². The molecule has 0 saturated carbocycles. The third-order valence-electron chi connectivity index (χ3n) is 9.09. The maximum Gasteiger partial charge on any atom is 0.0347 e. The molecule has 0 aliphatic rings. The van der Waals surface area contributed by atoms with Gasteiger partial charge in [0.25, 0.3) is 0 Å². The molecule has 6 aromatic carbocycles. The van der Waals surface area contributed by atoms with Gasteiger partial charge < -0.3 is 0 Å². The third kappa shape index (κ3) is 10.2. The van der Waals surface area contributed by atoms with Gasteiger partial charge in [-0.05, 0) is 164 Å². The first kappa shape index (κ1) is 20.5. The van der Waals surface area contributed by atoms with Crippen molar-refractivity contribution in [1.29, 1.82) is 0 Å². The molecule has 0 aromatic heterocycles. The van der Waals surface area contributed by atoms with Crippen LogP contribution in [0.25, 0.3) is 33.4 Å². The molecule has 52 heavy (non-hydrogen) atoms. The molecule has 0 radical (unpaired) electrons. The highest BCUT2D eigenvalue weighted by Crippen LogP contribution is 2.31. The lowest BCUT2D eigenvalue weighted by molar-refractivity contribution is 0.865. The Morgan fingerprint density at radius 2 is 0.808 bits per heavy atom. The molecular weight excluding hydrogens is 625 g/mol. The topological polar surface area (TPSA) is 0 Å². The van der Waals surface area contributed by atoms with Crippen molar-refractivity contribution in [3.8, 4) is 33.4 Å². The van der Waals surface area contributed by atoms with Crippen molar-refractivity contribution in [1.82, 2.24) is 0 Å². The zero-order valence-electron chi connectivity index (χ0n) is 51.4. The van der Waals surface area contributed by atoms with E-state index in [-0.39, 0.29) is 11.1 Å². The number of hydrogen-bond donors (Lipinski definition) is 0. The van der Waals surface area contributed by atoms with Crippen molar-refractivity contribution in [2.24, 2.45) is 0 Å². The van der Waals surface area contributed by atoms with Crippen LogP contribution in [0.3, 0.4) is 0 Å². The van der Waals surface area contributed by atoms with Crippen LogP contribution < -0.4 is 0 Å². The summed E-state index contributed by atoms with van der Waals surface area (Å²) < 4.78 is 152. The molecule has 0 bridgehead atoms. The highest BCUT2D eigenvalue weighted by atomic mass is 14.1. The second kappa shape index (κ2) is 18.2. The summed E-state index contributed by atoms with van der Waals surface area (Å²) in [7, 11) is 0. The van der Waals surface area contributed by atoms with Gasteiger partial charge in [-0.1, -0.05) is 153 Å². The van der Waals surface area contributed by atoms with Crippen LogP contribution in [0.4, 0.5) is 0 Å². The van der Waals surface area contributed by atoms with Crippen LogP contribution in [-0.2, 0) is 12.7 Å². The molecule has 0 amide bonds. The van der Waals surface area contributed by atoms with E-state index in [9.17, 15) is 0 Å². The maximum absolute atomic E-state index is 8.20. The normalized spacial score (nSPS) is 19.3. The average molecular weight is 707 g/mol. The summed E-state index contributed by atoms with van der Waals surface area (Å²) in [6, 6.07) is 30.6. The monoisotopic (exact) mass is 707 g/mol. The van der Waals surface area contributed by atoms with Crippen LogP contribution in [0.15, 0.2) is 109 Å². The van der Waals surface area contributed by atoms with Gasteiger partial charge in [-0.3, -0.25) is 0 Å². The minimum atomic E-state index is -2.75. The highest BCUT2D eigenvalue weighted by molar-refractivity contribution is 5.73. The summed E-state index contributed by atoms with van der Waals surface area (Å²) in [6.45, 7) is 2.52. The Kier molecular flexibility index (Phi) is 7.18. The van der Waals surface area contributed by atoms with Crippen LogP contribution in [0, 0.1) is 62.1 Å². The Balaban J connectivity index is 0.000000235. The SMILES string of the molecule is [2H]C([2H])([2H])c1ccc(-c2ccc(C([2H])(C)C([2H])([2H])[2H])cc2C)c(C)c1.[2H]C([2H])([2H])c1ccc(-c2ccc(C([2H])([2H])C([2H])([2H])[2H])cc2C)c(C)c1.[2H]C([2H])([2H])c1ccc(-c2ccc(C([2H])([2H])C)cc2C)c(C)c1. The first-order valence-electron chi connectivity index (χ1n) is 27.2. The Morgan fingerprint density at radius 3 is 1.12 bits per heavy atom. The van der Waals surface area contributed by atoms with E-state index in [0.29, 0.717) is 22.3 Å². The summed E-state index contributed by atoms with van der Waals surface area (Å²) in [6.07, 6.45) is -3.81. The van der Waals surface area contributed by atoms with Crippen LogP contribution in [-0.4, -0.2) is 0 Å². The van der Waals surface area contributed by atoms with E-state index in [2.05, 4.69) is 0 Å². The smallest absolute Gasteiger partial charge is 0.0347 e. The van der Waals surface area contributed by atoms with E-state index < -0.39 is 52.9 Å². The summed E-state index contributed by atoms with van der Waals surface area (Å²) in [5.41, 5.74) is 12.6. The molecule has 0 heterocycles. The van der Waals surface area contributed by atoms with Gasteiger partial charge in [-0.2, -0.15) is 0 Å². The predicted octanol–water partition coefficient (Wildman–Crippen LogP) is 15.1. The van der Waals surface area contributed by atoms with Gasteiger partial charge in [0, 0.05) is 27.4 Å². The molecular formula is C52H62. The summed E-state index contributed by atoms with van der Waals surface area (Å²) in [4.78, 5) is 0. The molecule has 0 aliphatic heterocycles. The molecule has 0 fully saturated rings. The Morgan fingerprint density at radius 1 is 0.462 bits per heavy atom. The number of hydrogen-bond acceptors (Lipinski definition) is 0. The van der Waals surface area contributed by atoms with E-state index in [1.165, 1.54) is 19.9 Å². The van der Waals surface area contributed by atoms with Crippen molar-refractivity contribution >= 4 is 0 Å². The lowest BCUT2D eigenvalue weighted by Crippen LogP contribution is -1.92. The molecule has 1 unspecified atom stereocenters. The molecule has 0 N–H and O–H groups in total. The van der Waals surface area contributed by atoms with E-state index in [1.54, 1.807) is 91.9 Å². The predicted molar refractivity (Wildman–Crippen MR) is 231 cm³/mol. The molecule has 0 saturated heterocycles. The molecule has 6 rings (SSSR count). The van der Waals surface area contributed by atoms with E-state index >= 15 is 0 Å². The fourth-order valence-electron chi connectivity index (χ4n) is 6.26. The van der Waals surface area contributed by atoms with Gasteiger partial charge >= 0.3 is 0 Å². The van der Waals surface area contributed by atoms with Crippen LogP contribution in [0.1, 0.15) is 128 Å². The molecule has 0 aliphatic carbocycles. The second-order valence-electron chi connectivity index (χ2n) is 13.2. The van der Waals surface area contributed by atoms with Gasteiger partial charge in [0.15, 0.2) is 0 Å². The molecule has 0 nitrogen and oxygen atoms in total. The summed E-state index contributed by atoms with van der Waals surface area (Å²) >= 11 is 0. The lowest BCUT2D eigenvalue weighted by Gasteiger charge is -2.13. The van der Waals surface area contributed by atoms with Crippen molar-refractivity contribution in [3.05, 3.63) is 176 Å². The van der Waals surface area contributed by atoms with Crippen LogP contribution >= 0.6 is 0 Å². The lowest BCUT2D eigenvalue weighted by atomic mass is 9.92. The van der Waals surface area contributed by atoms with Crippen LogP contribution in [0.5, 0.6) is 0 Å². The average Bonchev–Trinajstić information content (AvgIpc) is 3.22. The first-order chi connectivity index (χ1) is 32.5. The zero-order chi connectivity index (χ0) is 55.1. The quantitative estimate of drug-likeness (QED) is 0.162. The van der Waals surface area contributed by atoms with Crippen molar-refractivity contribution in [3.63, 3.8) is 0 Å². The van der Waals surface area contributed by atoms with E-state index in [1.807, 2.05) is 52.8 Å². The summed E-state index contributed by atoms with van der Waals surface area (Å²) in [5.74, 6) is -1.68. The maximum atomic E-state index is 8.20. The minimum absolute atomic E-state index is 0.102. The van der Waals surface area contributed by atoms with Gasteiger partial charge in [-0.25, -0.2) is 0 Å².